The molecule has 0 unspecified atom stereocenters. The van der Waals surface area contributed by atoms with Crippen LogP contribution in [0.1, 0.15) is 40.1 Å². The molecule has 0 saturated heterocycles. The van der Waals surface area contributed by atoms with Crippen LogP contribution in [0.2, 0.25) is 0 Å². The van der Waals surface area contributed by atoms with E-state index in [-0.39, 0.29) is 23.6 Å². The number of carbonyl (C=O) groups excluding carboxylic acids is 1. The third-order valence-corrected chi connectivity index (χ3v) is 4.28. The number of amides is 1. The molecule has 3 heterocycles. The van der Waals surface area contributed by atoms with Gasteiger partial charge in [-0.25, -0.2) is 9.50 Å². The van der Waals surface area contributed by atoms with Crippen LogP contribution < -0.4 is 5.32 Å². The van der Waals surface area contributed by atoms with E-state index in [1.165, 1.54) is 6.92 Å². The van der Waals surface area contributed by atoms with Crippen LogP contribution in [-0.2, 0) is 19.0 Å². The second-order valence-corrected chi connectivity index (χ2v) is 6.43. The average molecular weight is 416 g/mol. The monoisotopic (exact) mass is 416 g/mol. The minimum atomic E-state index is -5.82. The normalized spacial score (nSPS) is 12.6. The Kier molecular flexibility index (Phi) is 5.05. The summed E-state index contributed by atoms with van der Waals surface area (Å²) in [7, 11) is 0. The fourth-order valence-electron chi connectivity index (χ4n) is 2.74. The molecule has 29 heavy (non-hydrogen) atoms. The van der Waals surface area contributed by atoms with Crippen LogP contribution in [0.5, 0.6) is 0 Å². The number of hydrogen-bond donors (Lipinski definition) is 1. The van der Waals surface area contributed by atoms with Crippen molar-refractivity contribution in [1.82, 2.24) is 29.7 Å². The minimum absolute atomic E-state index is 0.0640. The fourth-order valence-corrected chi connectivity index (χ4v) is 2.74. The highest BCUT2D eigenvalue weighted by atomic mass is 19.4. The summed E-state index contributed by atoms with van der Waals surface area (Å²) in [6.07, 6.45) is -4.08. The standard InChI is InChI=1S/C17H17F5N6O/c1-4-27-8-11(10(3)25-27)7-23-15(29)12-6-14-24-9(2)5-13(28(14)26-12)16(18,19)17(20,21)22/h5-6,8H,4,7H2,1-3H3,(H,23,29). The van der Waals surface area contributed by atoms with Crippen LogP contribution in [0, 0.1) is 13.8 Å². The molecule has 0 aliphatic heterocycles. The highest BCUT2D eigenvalue weighted by molar-refractivity contribution is 5.93. The van der Waals surface area contributed by atoms with Crippen LogP contribution in [0.15, 0.2) is 18.3 Å². The molecule has 0 spiro atoms. The van der Waals surface area contributed by atoms with Crippen molar-refractivity contribution in [2.45, 2.75) is 46.0 Å². The van der Waals surface area contributed by atoms with Gasteiger partial charge in [-0.05, 0) is 26.8 Å². The third-order valence-electron chi connectivity index (χ3n) is 4.28. The summed E-state index contributed by atoms with van der Waals surface area (Å²) in [5, 5.41) is 10.4. The minimum Gasteiger partial charge on any atom is -0.346 e. The first-order valence-electron chi connectivity index (χ1n) is 8.57. The molecule has 0 aromatic carbocycles. The summed E-state index contributed by atoms with van der Waals surface area (Å²) < 4.78 is 68.3. The van der Waals surface area contributed by atoms with Crippen LogP contribution >= 0.6 is 0 Å². The zero-order chi connectivity index (χ0) is 21.6. The smallest absolute Gasteiger partial charge is 0.346 e. The largest absolute Gasteiger partial charge is 0.459 e. The number of fused-ring (bicyclic) bond motifs is 1. The average Bonchev–Trinajstić information content (AvgIpc) is 3.21. The van der Waals surface area contributed by atoms with Gasteiger partial charge in [-0.15, -0.1) is 0 Å². The van der Waals surface area contributed by atoms with E-state index >= 15 is 0 Å². The number of nitrogens with one attached hydrogen (secondary N) is 1. The van der Waals surface area contributed by atoms with Crippen LogP contribution in [-0.4, -0.2) is 36.5 Å². The van der Waals surface area contributed by atoms with E-state index < -0.39 is 23.7 Å². The van der Waals surface area contributed by atoms with E-state index in [4.69, 9.17) is 0 Å². The van der Waals surface area contributed by atoms with Crippen LogP contribution in [0.3, 0.4) is 0 Å². The van der Waals surface area contributed by atoms with Crippen molar-refractivity contribution in [3.8, 4) is 0 Å². The Bertz CT molecular complexity index is 1070. The van der Waals surface area contributed by atoms with Crippen molar-refractivity contribution in [2.24, 2.45) is 0 Å². The molecular weight excluding hydrogens is 399 g/mol. The van der Waals surface area contributed by atoms with Crippen molar-refractivity contribution in [1.29, 1.82) is 0 Å². The summed E-state index contributed by atoms with van der Waals surface area (Å²) in [6, 6.07) is 1.65. The van der Waals surface area contributed by atoms with Gasteiger partial charge in [-0.2, -0.15) is 32.1 Å². The number of rotatable bonds is 5. The van der Waals surface area contributed by atoms with Gasteiger partial charge in [0.2, 0.25) is 0 Å². The molecule has 0 bridgehead atoms. The maximum Gasteiger partial charge on any atom is 0.459 e. The highest BCUT2D eigenvalue weighted by Gasteiger charge is 2.60. The molecule has 1 N–H and O–H groups in total. The van der Waals surface area contributed by atoms with E-state index in [0.717, 1.165) is 11.6 Å². The molecule has 1 amide bonds. The zero-order valence-corrected chi connectivity index (χ0v) is 15.7. The molecule has 0 fully saturated rings. The van der Waals surface area contributed by atoms with E-state index in [2.05, 4.69) is 20.5 Å². The van der Waals surface area contributed by atoms with Crippen molar-refractivity contribution < 1.29 is 26.7 Å². The van der Waals surface area contributed by atoms with Crippen LogP contribution in [0.25, 0.3) is 5.65 Å². The van der Waals surface area contributed by atoms with Crippen LogP contribution in [0.4, 0.5) is 22.0 Å². The third kappa shape index (κ3) is 3.78. The molecule has 0 aliphatic rings. The van der Waals surface area contributed by atoms with Crippen molar-refractivity contribution >= 4 is 11.6 Å². The van der Waals surface area contributed by atoms with Gasteiger partial charge in [-0.1, -0.05) is 0 Å². The lowest BCUT2D eigenvalue weighted by Crippen LogP contribution is -2.36. The number of alkyl halides is 5. The molecule has 3 aromatic rings. The Morgan fingerprint density at radius 1 is 1.14 bits per heavy atom. The van der Waals surface area contributed by atoms with Gasteiger partial charge < -0.3 is 5.32 Å². The lowest BCUT2D eigenvalue weighted by molar-refractivity contribution is -0.291. The first-order valence-corrected chi connectivity index (χ1v) is 8.57. The van der Waals surface area contributed by atoms with Gasteiger partial charge >= 0.3 is 12.1 Å². The molecule has 3 rings (SSSR count). The van der Waals surface area contributed by atoms with E-state index in [0.29, 0.717) is 22.8 Å². The Morgan fingerprint density at radius 3 is 2.41 bits per heavy atom. The summed E-state index contributed by atoms with van der Waals surface area (Å²) >= 11 is 0. The maximum atomic E-state index is 13.9. The van der Waals surface area contributed by atoms with Gasteiger partial charge in [0.25, 0.3) is 5.91 Å². The summed E-state index contributed by atoms with van der Waals surface area (Å²) in [5.74, 6) is -5.90. The van der Waals surface area contributed by atoms with Gasteiger partial charge in [0, 0.05) is 36.6 Å². The van der Waals surface area contributed by atoms with Gasteiger partial charge in [0.15, 0.2) is 11.3 Å². The SMILES string of the molecule is CCn1cc(CNC(=O)c2cc3nc(C)cc(C(F)(F)C(F)(F)F)n3n2)c(C)n1. The number of halogens is 5. The molecule has 3 aromatic heterocycles. The summed E-state index contributed by atoms with van der Waals surface area (Å²) in [6.45, 7) is 5.67. The topological polar surface area (TPSA) is 77.1 Å². The summed E-state index contributed by atoms with van der Waals surface area (Å²) in [4.78, 5) is 16.3. The van der Waals surface area contributed by atoms with Crippen molar-refractivity contribution in [3.63, 3.8) is 0 Å². The zero-order valence-electron chi connectivity index (χ0n) is 15.7. The Balaban J connectivity index is 1.92. The first kappa shape index (κ1) is 20.7. The Morgan fingerprint density at radius 2 is 1.83 bits per heavy atom. The number of aromatic nitrogens is 5. The lowest BCUT2D eigenvalue weighted by atomic mass is 10.2. The first-order chi connectivity index (χ1) is 13.4. The van der Waals surface area contributed by atoms with Gasteiger partial charge in [0.05, 0.1) is 5.69 Å². The van der Waals surface area contributed by atoms with Crippen molar-refractivity contribution in [3.05, 3.63) is 46.7 Å². The van der Waals surface area contributed by atoms with E-state index in [1.807, 2.05) is 6.92 Å². The molecule has 0 aliphatic carbocycles. The molecule has 12 heteroatoms. The number of aryl methyl sites for hydroxylation is 3. The number of hydrogen-bond acceptors (Lipinski definition) is 4. The second-order valence-electron chi connectivity index (χ2n) is 6.43. The highest BCUT2D eigenvalue weighted by Crippen LogP contribution is 2.43. The molecule has 0 atom stereocenters. The molecule has 7 nitrogen and oxygen atoms in total. The lowest BCUT2D eigenvalue weighted by Gasteiger charge is -2.20. The van der Waals surface area contributed by atoms with Gasteiger partial charge in [-0.3, -0.25) is 9.48 Å². The number of carbonyl (C=O) groups is 1. The Labute approximate surface area is 161 Å². The van der Waals surface area contributed by atoms with Gasteiger partial charge in [0.1, 0.15) is 5.69 Å². The number of nitrogens with zero attached hydrogens (tertiary/aromatic N) is 5. The van der Waals surface area contributed by atoms with E-state index in [9.17, 15) is 26.7 Å². The molecule has 156 valence electrons. The molecule has 0 radical (unpaired) electrons. The quantitative estimate of drug-likeness (QED) is 0.649. The molecule has 0 saturated carbocycles. The Hall–Kier alpha value is -3.05. The van der Waals surface area contributed by atoms with E-state index in [1.54, 1.807) is 17.8 Å². The predicted octanol–water partition coefficient (Wildman–Crippen LogP) is 3.15. The fraction of sp³-hybridized carbons (Fsp3) is 0.412. The maximum absolute atomic E-state index is 13.9. The van der Waals surface area contributed by atoms with Crippen molar-refractivity contribution in [2.75, 3.05) is 0 Å². The predicted molar refractivity (Wildman–Crippen MR) is 91.5 cm³/mol. The molecular formula is C17H17F5N6O. The second kappa shape index (κ2) is 7.08. The summed E-state index contributed by atoms with van der Waals surface area (Å²) in [5.41, 5.74) is -0.654.